The minimum Gasteiger partial charge on any atom is -0.279 e. The number of para-hydroxylation sites is 1. The van der Waals surface area contributed by atoms with Crippen LogP contribution in [-0.4, -0.2) is 24.1 Å². The van der Waals surface area contributed by atoms with Gasteiger partial charge in [-0.3, -0.25) is 13.8 Å². The number of hydrogen-bond acceptors (Lipinski definition) is 6. The van der Waals surface area contributed by atoms with Gasteiger partial charge in [0.1, 0.15) is 5.82 Å². The summed E-state index contributed by atoms with van der Waals surface area (Å²) in [6.45, 7) is 0. The van der Waals surface area contributed by atoms with Crippen LogP contribution in [0, 0.1) is 0 Å². The number of halogens is 1. The number of thiazole rings is 1. The number of aryl methyl sites for hydroxylation is 1. The summed E-state index contributed by atoms with van der Waals surface area (Å²) in [5, 5.41) is 9.87. The number of thioether (sulfide) groups is 1. The molecular weight excluding hydrogens is 402 g/mol. The summed E-state index contributed by atoms with van der Waals surface area (Å²) in [7, 11) is 1.72. The Hall–Kier alpha value is -2.42. The highest BCUT2D eigenvalue weighted by molar-refractivity contribution is 8.00. The van der Waals surface area contributed by atoms with Gasteiger partial charge in [-0.25, -0.2) is 4.98 Å². The predicted octanol–water partition coefficient (Wildman–Crippen LogP) is 4.14. The van der Waals surface area contributed by atoms with Crippen molar-refractivity contribution in [3.05, 3.63) is 63.7 Å². The third-order valence-electron chi connectivity index (χ3n) is 4.35. The fourth-order valence-corrected chi connectivity index (χ4v) is 5.18. The number of nitrogens with zero attached hydrogens (tertiary/aromatic N) is 5. The van der Waals surface area contributed by atoms with Crippen LogP contribution in [-0.2, 0) is 12.8 Å². The van der Waals surface area contributed by atoms with Gasteiger partial charge in [-0.05, 0) is 30.3 Å². The van der Waals surface area contributed by atoms with Gasteiger partial charge in [0.2, 0.25) is 5.78 Å². The Morgan fingerprint density at radius 2 is 2.04 bits per heavy atom. The van der Waals surface area contributed by atoms with Gasteiger partial charge in [0, 0.05) is 12.1 Å². The van der Waals surface area contributed by atoms with Crippen molar-refractivity contribution < 1.29 is 0 Å². The molecule has 0 unspecified atom stereocenters. The van der Waals surface area contributed by atoms with E-state index in [1.54, 1.807) is 30.1 Å². The summed E-state index contributed by atoms with van der Waals surface area (Å²) in [6.07, 6.45) is 0. The van der Waals surface area contributed by atoms with Crippen LogP contribution in [0.2, 0.25) is 5.02 Å². The molecule has 0 bridgehead atoms. The highest BCUT2D eigenvalue weighted by Crippen LogP contribution is 2.32. The summed E-state index contributed by atoms with van der Waals surface area (Å²) in [5.41, 5.74) is 1.63. The Bertz CT molecular complexity index is 1390. The number of hydrogen-bond donors (Lipinski definition) is 0. The quantitative estimate of drug-likeness (QED) is 0.416. The second-order valence-electron chi connectivity index (χ2n) is 6.01. The second kappa shape index (κ2) is 6.33. The van der Waals surface area contributed by atoms with E-state index in [0.717, 1.165) is 25.9 Å². The van der Waals surface area contributed by atoms with Crippen LogP contribution in [0.15, 0.2) is 51.6 Å². The molecule has 6 nitrogen and oxygen atoms in total. The molecule has 9 heteroatoms. The molecule has 0 aliphatic carbocycles. The van der Waals surface area contributed by atoms with Gasteiger partial charge in [-0.15, -0.1) is 21.5 Å². The van der Waals surface area contributed by atoms with Crippen LogP contribution in [0.5, 0.6) is 0 Å². The Balaban J connectivity index is 1.58. The lowest BCUT2D eigenvalue weighted by Gasteiger charge is -2.07. The Morgan fingerprint density at radius 3 is 2.93 bits per heavy atom. The largest absolute Gasteiger partial charge is 0.279 e. The lowest BCUT2D eigenvalue weighted by Crippen LogP contribution is -2.20. The van der Waals surface area contributed by atoms with Gasteiger partial charge in [-0.2, -0.15) is 0 Å². The van der Waals surface area contributed by atoms with Crippen molar-refractivity contribution in [2.75, 3.05) is 0 Å². The molecular formula is C18H12ClN5OS2. The van der Waals surface area contributed by atoms with Crippen molar-refractivity contribution in [3.8, 4) is 0 Å². The first kappa shape index (κ1) is 16.7. The van der Waals surface area contributed by atoms with Gasteiger partial charge in [-0.1, -0.05) is 35.5 Å². The maximum Gasteiger partial charge on any atom is 0.262 e. The van der Waals surface area contributed by atoms with Crippen molar-refractivity contribution in [1.29, 1.82) is 0 Å². The zero-order valence-electron chi connectivity index (χ0n) is 14.1. The zero-order chi connectivity index (χ0) is 18.5. The lowest BCUT2D eigenvalue weighted by molar-refractivity contribution is 0.858. The van der Waals surface area contributed by atoms with E-state index in [-0.39, 0.29) is 5.56 Å². The maximum absolute atomic E-state index is 12.5. The first-order chi connectivity index (χ1) is 13.1. The molecule has 0 radical (unpaired) electrons. The number of rotatable bonds is 3. The molecule has 0 atom stereocenters. The Kier molecular flexibility index (Phi) is 3.92. The van der Waals surface area contributed by atoms with Crippen LogP contribution < -0.4 is 5.56 Å². The molecule has 0 aliphatic heterocycles. The summed E-state index contributed by atoms with van der Waals surface area (Å²) < 4.78 is 5.51. The summed E-state index contributed by atoms with van der Waals surface area (Å²) in [6, 6.07) is 13.2. The highest BCUT2D eigenvalue weighted by atomic mass is 35.5. The highest BCUT2D eigenvalue weighted by Gasteiger charge is 2.15. The van der Waals surface area contributed by atoms with Crippen LogP contribution in [0.3, 0.4) is 0 Å². The fourth-order valence-electron chi connectivity index (χ4n) is 3.05. The topological polar surface area (TPSA) is 65.1 Å². The zero-order valence-corrected chi connectivity index (χ0v) is 16.5. The molecule has 0 N–H and O–H groups in total. The molecule has 0 fully saturated rings. The van der Waals surface area contributed by atoms with Crippen LogP contribution >= 0.6 is 34.7 Å². The van der Waals surface area contributed by atoms with Crippen molar-refractivity contribution in [2.24, 2.45) is 7.05 Å². The average molecular weight is 414 g/mol. The maximum atomic E-state index is 12.5. The van der Waals surface area contributed by atoms with Crippen LogP contribution in [0.1, 0.15) is 5.82 Å². The molecule has 0 amide bonds. The number of benzene rings is 2. The molecule has 0 spiro atoms. The molecule has 0 aliphatic rings. The average Bonchev–Trinajstić information content (AvgIpc) is 3.28. The van der Waals surface area contributed by atoms with E-state index >= 15 is 0 Å². The molecule has 5 aromatic rings. The predicted molar refractivity (Wildman–Crippen MR) is 110 cm³/mol. The molecule has 0 saturated carbocycles. The third kappa shape index (κ3) is 2.72. The molecule has 2 aromatic carbocycles. The van der Waals surface area contributed by atoms with E-state index in [2.05, 4.69) is 15.2 Å². The van der Waals surface area contributed by atoms with Crippen molar-refractivity contribution >= 4 is 61.6 Å². The smallest absolute Gasteiger partial charge is 0.262 e. The second-order valence-corrected chi connectivity index (χ2v) is 8.70. The summed E-state index contributed by atoms with van der Waals surface area (Å²) >= 11 is 9.26. The van der Waals surface area contributed by atoms with Crippen LogP contribution in [0.25, 0.3) is 26.9 Å². The lowest BCUT2D eigenvalue weighted by atomic mass is 10.2. The normalized spacial score (nSPS) is 11.8. The first-order valence-corrected chi connectivity index (χ1v) is 10.3. The number of aromatic nitrogens is 5. The molecule has 27 heavy (non-hydrogen) atoms. The van der Waals surface area contributed by atoms with E-state index in [9.17, 15) is 4.79 Å². The van der Waals surface area contributed by atoms with E-state index in [0.29, 0.717) is 21.9 Å². The van der Waals surface area contributed by atoms with E-state index in [4.69, 9.17) is 11.6 Å². The SMILES string of the molecule is Cn1c(=O)c2ccccc2n2c(CSc3nc4cc(Cl)ccc4s3)nnc12. The number of fused-ring (bicyclic) bond motifs is 4. The minimum atomic E-state index is -0.0762. The third-order valence-corrected chi connectivity index (χ3v) is 6.76. The van der Waals surface area contributed by atoms with E-state index < -0.39 is 0 Å². The monoisotopic (exact) mass is 413 g/mol. The van der Waals surface area contributed by atoms with Gasteiger partial charge in [0.15, 0.2) is 4.34 Å². The molecule has 134 valence electrons. The fraction of sp³-hybridized carbons (Fsp3) is 0.111. The van der Waals surface area contributed by atoms with Crippen molar-refractivity contribution in [3.63, 3.8) is 0 Å². The van der Waals surface area contributed by atoms with Gasteiger partial charge in [0.05, 0.1) is 26.9 Å². The Labute approximate surface area is 166 Å². The van der Waals surface area contributed by atoms with Crippen molar-refractivity contribution in [2.45, 2.75) is 10.1 Å². The van der Waals surface area contributed by atoms with E-state index in [1.807, 2.05) is 46.9 Å². The minimum absolute atomic E-state index is 0.0762. The molecule has 0 saturated heterocycles. The standard InChI is InChI=1S/C18H12ClN5OS2/c1-23-16(25)11-4-2-3-5-13(11)24-15(21-22-17(23)24)9-26-18-20-12-8-10(19)6-7-14(12)27-18/h2-8H,9H2,1H3. The summed E-state index contributed by atoms with van der Waals surface area (Å²) in [4.78, 5) is 17.1. The first-order valence-electron chi connectivity index (χ1n) is 8.12. The molecule has 3 aromatic heterocycles. The molecule has 5 rings (SSSR count). The molecule has 3 heterocycles. The van der Waals surface area contributed by atoms with Gasteiger partial charge >= 0.3 is 0 Å². The van der Waals surface area contributed by atoms with Crippen LogP contribution in [0.4, 0.5) is 0 Å². The van der Waals surface area contributed by atoms with Gasteiger partial charge in [0.25, 0.3) is 5.56 Å². The Morgan fingerprint density at radius 1 is 1.19 bits per heavy atom. The van der Waals surface area contributed by atoms with Gasteiger partial charge < -0.3 is 0 Å². The summed E-state index contributed by atoms with van der Waals surface area (Å²) in [5.74, 6) is 1.90. The van der Waals surface area contributed by atoms with Crippen molar-refractivity contribution in [1.82, 2.24) is 24.1 Å². The van der Waals surface area contributed by atoms with E-state index in [1.165, 1.54) is 4.57 Å².